The Morgan fingerprint density at radius 3 is 2.48 bits per heavy atom. The van der Waals surface area contributed by atoms with Crippen molar-refractivity contribution >= 4 is 17.7 Å². The molecule has 1 N–H and O–H groups in total. The summed E-state index contributed by atoms with van der Waals surface area (Å²) >= 11 is 0. The number of hydrogen-bond acceptors (Lipinski definition) is 4. The van der Waals surface area contributed by atoms with Gasteiger partial charge in [0.25, 0.3) is 0 Å². The molecule has 1 aliphatic heterocycles. The van der Waals surface area contributed by atoms with E-state index in [9.17, 15) is 19.5 Å². The van der Waals surface area contributed by atoms with E-state index in [0.717, 1.165) is 12.8 Å². The van der Waals surface area contributed by atoms with E-state index in [-0.39, 0.29) is 24.5 Å². The van der Waals surface area contributed by atoms with Gasteiger partial charge in [-0.3, -0.25) is 9.59 Å². The highest BCUT2D eigenvalue weighted by molar-refractivity contribution is 5.98. The lowest BCUT2D eigenvalue weighted by atomic mass is 10.0. The Hall–Kier alpha value is -2.37. The lowest BCUT2D eigenvalue weighted by molar-refractivity contribution is -0.152. The first-order chi connectivity index (χ1) is 11.0. The SMILES string of the molecule is COc1ccc(C(=O)CCC(=O)N2CCCC[C@@H]2C(=O)O)cc1. The minimum absolute atomic E-state index is 0.0364. The Labute approximate surface area is 135 Å². The maximum atomic E-state index is 12.2. The molecule has 1 amide bonds. The maximum absolute atomic E-state index is 12.2. The van der Waals surface area contributed by atoms with Gasteiger partial charge in [-0.15, -0.1) is 0 Å². The summed E-state index contributed by atoms with van der Waals surface area (Å²) < 4.78 is 5.03. The summed E-state index contributed by atoms with van der Waals surface area (Å²) in [5.41, 5.74) is 0.520. The van der Waals surface area contributed by atoms with Crippen molar-refractivity contribution in [1.29, 1.82) is 0 Å². The molecule has 6 heteroatoms. The molecule has 1 atom stereocenters. The minimum atomic E-state index is -0.973. The number of carbonyl (C=O) groups is 3. The van der Waals surface area contributed by atoms with E-state index >= 15 is 0 Å². The number of piperidine rings is 1. The third-order valence-electron chi connectivity index (χ3n) is 4.09. The number of ketones is 1. The zero-order chi connectivity index (χ0) is 16.8. The van der Waals surface area contributed by atoms with Crippen LogP contribution >= 0.6 is 0 Å². The molecule has 0 unspecified atom stereocenters. The fourth-order valence-electron chi connectivity index (χ4n) is 2.77. The number of aliphatic carboxylic acids is 1. The third kappa shape index (κ3) is 4.31. The van der Waals surface area contributed by atoms with Crippen molar-refractivity contribution < 1.29 is 24.2 Å². The minimum Gasteiger partial charge on any atom is -0.497 e. The van der Waals surface area contributed by atoms with Gasteiger partial charge in [-0.2, -0.15) is 0 Å². The molecule has 6 nitrogen and oxygen atoms in total. The van der Waals surface area contributed by atoms with Crippen molar-refractivity contribution in [2.45, 2.75) is 38.1 Å². The first-order valence-corrected chi connectivity index (χ1v) is 7.72. The largest absolute Gasteiger partial charge is 0.497 e. The second-order valence-corrected chi connectivity index (χ2v) is 5.59. The van der Waals surface area contributed by atoms with Crippen LogP contribution in [-0.2, 0) is 9.59 Å². The summed E-state index contributed by atoms with van der Waals surface area (Å²) in [6.07, 6.45) is 2.21. The molecule has 1 fully saturated rings. The molecule has 1 heterocycles. The van der Waals surface area contributed by atoms with E-state index in [1.807, 2.05) is 0 Å². The predicted molar refractivity (Wildman–Crippen MR) is 83.5 cm³/mol. The number of likely N-dealkylation sites (tertiary alicyclic amines) is 1. The van der Waals surface area contributed by atoms with E-state index in [4.69, 9.17) is 4.74 Å². The lowest BCUT2D eigenvalue weighted by Crippen LogP contribution is -2.48. The fourth-order valence-corrected chi connectivity index (χ4v) is 2.77. The van der Waals surface area contributed by atoms with Crippen LogP contribution in [-0.4, -0.2) is 47.4 Å². The molecule has 2 rings (SSSR count). The molecule has 1 aromatic carbocycles. The predicted octanol–water partition coefficient (Wildman–Crippen LogP) is 2.12. The summed E-state index contributed by atoms with van der Waals surface area (Å²) in [7, 11) is 1.55. The van der Waals surface area contributed by atoms with Gasteiger partial charge in [0.1, 0.15) is 11.8 Å². The molecule has 0 radical (unpaired) electrons. The van der Waals surface area contributed by atoms with Crippen LogP contribution in [0.3, 0.4) is 0 Å². The highest BCUT2D eigenvalue weighted by Crippen LogP contribution is 2.19. The Balaban J connectivity index is 1.92. The van der Waals surface area contributed by atoms with Crippen LogP contribution in [0.15, 0.2) is 24.3 Å². The molecule has 1 aliphatic rings. The van der Waals surface area contributed by atoms with Gasteiger partial charge in [-0.1, -0.05) is 0 Å². The number of carboxylic acid groups (broad SMARTS) is 1. The second-order valence-electron chi connectivity index (χ2n) is 5.59. The first kappa shape index (κ1) is 17.0. The normalized spacial score (nSPS) is 17.6. The summed E-state index contributed by atoms with van der Waals surface area (Å²) in [5.74, 6) is -0.710. The number of hydrogen-bond donors (Lipinski definition) is 1. The Kier molecular flexibility index (Phi) is 5.73. The van der Waals surface area contributed by atoms with Gasteiger partial charge in [-0.05, 0) is 43.5 Å². The van der Waals surface area contributed by atoms with Crippen molar-refractivity contribution in [2.75, 3.05) is 13.7 Å². The fraction of sp³-hybridized carbons (Fsp3) is 0.471. The van der Waals surface area contributed by atoms with Crippen LogP contribution in [0.25, 0.3) is 0 Å². The molecule has 0 aromatic heterocycles. The van der Waals surface area contributed by atoms with Crippen molar-refractivity contribution in [3.05, 3.63) is 29.8 Å². The smallest absolute Gasteiger partial charge is 0.326 e. The molecule has 124 valence electrons. The molecule has 0 bridgehead atoms. The van der Waals surface area contributed by atoms with Crippen LogP contribution < -0.4 is 4.74 Å². The molecule has 0 spiro atoms. The average Bonchev–Trinajstić information content (AvgIpc) is 2.59. The van der Waals surface area contributed by atoms with Gasteiger partial charge in [0.15, 0.2) is 5.78 Å². The number of ether oxygens (including phenoxy) is 1. The van der Waals surface area contributed by atoms with E-state index < -0.39 is 12.0 Å². The number of carbonyl (C=O) groups excluding carboxylic acids is 2. The summed E-state index contributed by atoms with van der Waals surface area (Å²) in [5, 5.41) is 9.19. The highest BCUT2D eigenvalue weighted by atomic mass is 16.5. The van der Waals surface area contributed by atoms with Crippen LogP contribution in [0.4, 0.5) is 0 Å². The van der Waals surface area contributed by atoms with Crippen molar-refractivity contribution in [1.82, 2.24) is 4.90 Å². The van der Waals surface area contributed by atoms with Gasteiger partial charge < -0.3 is 14.7 Å². The Morgan fingerprint density at radius 2 is 1.87 bits per heavy atom. The Bertz CT molecular complexity index is 581. The summed E-state index contributed by atoms with van der Waals surface area (Å²) in [6.45, 7) is 0.451. The summed E-state index contributed by atoms with van der Waals surface area (Å²) in [4.78, 5) is 37.0. The quantitative estimate of drug-likeness (QED) is 0.812. The first-order valence-electron chi connectivity index (χ1n) is 7.72. The number of carboxylic acids is 1. The van der Waals surface area contributed by atoms with Gasteiger partial charge >= 0.3 is 5.97 Å². The number of methoxy groups -OCH3 is 1. The third-order valence-corrected chi connectivity index (χ3v) is 4.09. The second kappa shape index (κ2) is 7.76. The molecule has 23 heavy (non-hydrogen) atoms. The van der Waals surface area contributed by atoms with E-state index in [1.54, 1.807) is 31.4 Å². The Morgan fingerprint density at radius 1 is 1.17 bits per heavy atom. The number of Topliss-reactive ketones (excluding diaryl/α,β-unsaturated/α-hetero) is 1. The van der Waals surface area contributed by atoms with Gasteiger partial charge in [0.2, 0.25) is 5.91 Å². The monoisotopic (exact) mass is 319 g/mol. The standard InChI is InChI=1S/C17H21NO5/c1-23-13-7-5-12(6-8-13)15(19)9-10-16(20)18-11-3-2-4-14(18)17(21)22/h5-8,14H,2-4,9-11H2,1H3,(H,21,22)/t14-/m1/s1. The zero-order valence-corrected chi connectivity index (χ0v) is 13.2. The topological polar surface area (TPSA) is 83.9 Å². The van der Waals surface area contributed by atoms with Gasteiger partial charge in [-0.25, -0.2) is 4.79 Å². The van der Waals surface area contributed by atoms with Crippen molar-refractivity contribution in [3.8, 4) is 5.75 Å². The van der Waals surface area contributed by atoms with Crippen LogP contribution in [0, 0.1) is 0 Å². The molecule has 0 saturated carbocycles. The molecular weight excluding hydrogens is 298 g/mol. The van der Waals surface area contributed by atoms with Crippen LogP contribution in [0.2, 0.25) is 0 Å². The lowest BCUT2D eigenvalue weighted by Gasteiger charge is -2.33. The van der Waals surface area contributed by atoms with Crippen molar-refractivity contribution in [3.63, 3.8) is 0 Å². The number of benzene rings is 1. The number of rotatable bonds is 6. The van der Waals surface area contributed by atoms with Gasteiger partial charge in [0, 0.05) is 24.9 Å². The number of nitrogens with zero attached hydrogens (tertiary/aromatic N) is 1. The average molecular weight is 319 g/mol. The molecular formula is C17H21NO5. The van der Waals surface area contributed by atoms with Gasteiger partial charge in [0.05, 0.1) is 7.11 Å². The van der Waals surface area contributed by atoms with E-state index in [1.165, 1.54) is 4.90 Å². The van der Waals surface area contributed by atoms with Crippen LogP contribution in [0.5, 0.6) is 5.75 Å². The zero-order valence-electron chi connectivity index (χ0n) is 13.2. The van der Waals surface area contributed by atoms with E-state index in [2.05, 4.69) is 0 Å². The molecule has 0 aliphatic carbocycles. The maximum Gasteiger partial charge on any atom is 0.326 e. The highest BCUT2D eigenvalue weighted by Gasteiger charge is 2.31. The molecule has 1 saturated heterocycles. The summed E-state index contributed by atoms with van der Waals surface area (Å²) in [6, 6.07) is 5.95. The number of amides is 1. The van der Waals surface area contributed by atoms with Crippen molar-refractivity contribution in [2.24, 2.45) is 0 Å². The molecule has 1 aromatic rings. The van der Waals surface area contributed by atoms with E-state index in [0.29, 0.717) is 24.3 Å². The van der Waals surface area contributed by atoms with Crippen LogP contribution in [0.1, 0.15) is 42.5 Å².